The van der Waals surface area contributed by atoms with Crippen LogP contribution in [0.5, 0.6) is 0 Å². The Kier molecular flexibility index (Phi) is 2.12. The molecule has 0 aliphatic carbocycles. The molecule has 14 heavy (non-hydrogen) atoms. The molecule has 0 fully saturated rings. The summed E-state index contributed by atoms with van der Waals surface area (Å²) in [6.07, 6.45) is 2.49. The molecule has 1 aromatic carbocycles. The van der Waals surface area contributed by atoms with Gasteiger partial charge in [-0.3, -0.25) is 4.79 Å². The lowest BCUT2D eigenvalue weighted by molar-refractivity contribution is -0.116. The van der Waals surface area contributed by atoms with Gasteiger partial charge in [-0.25, -0.2) is 0 Å². The molecule has 0 saturated heterocycles. The number of carbonyl (C=O) groups is 1. The van der Waals surface area contributed by atoms with Crippen molar-refractivity contribution in [3.8, 4) is 0 Å². The number of fused-ring (bicyclic) bond motifs is 1. The molecule has 0 amide bonds. The standard InChI is InChI=1S/C12H13NO/c1-8-7-13-12-10(6-9(2)14)4-3-5-11(8)12/h3-5,7,13H,6H2,1-2H3. The molecule has 0 unspecified atom stereocenters. The Hall–Kier alpha value is -1.57. The van der Waals surface area contributed by atoms with Crippen molar-refractivity contribution in [2.75, 3.05) is 0 Å². The minimum absolute atomic E-state index is 0.199. The number of H-pyrrole nitrogens is 1. The maximum absolute atomic E-state index is 11.0. The zero-order valence-corrected chi connectivity index (χ0v) is 8.42. The van der Waals surface area contributed by atoms with Gasteiger partial charge in [0.15, 0.2) is 0 Å². The monoisotopic (exact) mass is 187 g/mol. The summed E-state index contributed by atoms with van der Waals surface area (Å²) in [4.78, 5) is 14.3. The molecule has 1 heterocycles. The lowest BCUT2D eigenvalue weighted by Gasteiger charge is -2.00. The van der Waals surface area contributed by atoms with E-state index in [0.29, 0.717) is 6.42 Å². The molecule has 2 rings (SSSR count). The Bertz CT molecular complexity index is 482. The molecule has 0 atom stereocenters. The highest BCUT2D eigenvalue weighted by Crippen LogP contribution is 2.21. The molecule has 2 aromatic rings. The van der Waals surface area contributed by atoms with Crippen LogP contribution in [0, 0.1) is 6.92 Å². The molecule has 0 aliphatic rings. The first-order valence-electron chi connectivity index (χ1n) is 4.73. The Labute approximate surface area is 82.9 Å². The quantitative estimate of drug-likeness (QED) is 0.770. The van der Waals surface area contributed by atoms with E-state index in [1.54, 1.807) is 6.92 Å². The number of aromatic nitrogens is 1. The highest BCUT2D eigenvalue weighted by molar-refractivity contribution is 5.89. The van der Waals surface area contributed by atoms with Crippen LogP contribution in [-0.2, 0) is 11.2 Å². The fraction of sp³-hybridized carbons (Fsp3) is 0.250. The third-order valence-electron chi connectivity index (χ3n) is 2.45. The minimum atomic E-state index is 0.199. The van der Waals surface area contributed by atoms with E-state index in [4.69, 9.17) is 0 Å². The highest BCUT2D eigenvalue weighted by Gasteiger charge is 2.05. The van der Waals surface area contributed by atoms with E-state index in [1.165, 1.54) is 10.9 Å². The van der Waals surface area contributed by atoms with Crippen LogP contribution in [0.1, 0.15) is 18.1 Å². The second-order valence-electron chi connectivity index (χ2n) is 3.69. The van der Waals surface area contributed by atoms with Crippen LogP contribution in [0.4, 0.5) is 0 Å². The molecule has 0 aliphatic heterocycles. The van der Waals surface area contributed by atoms with Crippen molar-refractivity contribution in [3.05, 3.63) is 35.5 Å². The van der Waals surface area contributed by atoms with Gasteiger partial charge >= 0.3 is 0 Å². The summed E-state index contributed by atoms with van der Waals surface area (Å²) in [6.45, 7) is 3.69. The third kappa shape index (κ3) is 1.43. The van der Waals surface area contributed by atoms with Crippen LogP contribution >= 0.6 is 0 Å². The first-order valence-corrected chi connectivity index (χ1v) is 4.73. The van der Waals surface area contributed by atoms with Gasteiger partial charge in [-0.05, 0) is 25.0 Å². The third-order valence-corrected chi connectivity index (χ3v) is 2.45. The summed E-state index contributed by atoms with van der Waals surface area (Å²) in [5.74, 6) is 0.199. The Morgan fingerprint density at radius 2 is 2.21 bits per heavy atom. The van der Waals surface area contributed by atoms with Crippen LogP contribution in [0.3, 0.4) is 0 Å². The molecule has 2 heteroatoms. The molecular formula is C12H13NO. The number of Topliss-reactive ketones (excluding diaryl/α,β-unsaturated/α-hetero) is 1. The predicted molar refractivity (Wildman–Crippen MR) is 57.4 cm³/mol. The maximum Gasteiger partial charge on any atom is 0.134 e. The molecule has 0 radical (unpaired) electrons. The van der Waals surface area contributed by atoms with E-state index in [1.807, 2.05) is 18.3 Å². The maximum atomic E-state index is 11.0. The predicted octanol–water partition coefficient (Wildman–Crippen LogP) is 2.61. The molecule has 72 valence electrons. The number of benzene rings is 1. The van der Waals surface area contributed by atoms with Gasteiger partial charge in [0.2, 0.25) is 0 Å². The zero-order chi connectivity index (χ0) is 10.1. The number of nitrogens with one attached hydrogen (secondary N) is 1. The van der Waals surface area contributed by atoms with E-state index >= 15 is 0 Å². The van der Waals surface area contributed by atoms with Crippen molar-refractivity contribution < 1.29 is 4.79 Å². The number of carbonyl (C=O) groups excluding carboxylic acids is 1. The second-order valence-corrected chi connectivity index (χ2v) is 3.69. The van der Waals surface area contributed by atoms with Crippen LogP contribution in [-0.4, -0.2) is 10.8 Å². The molecule has 0 bridgehead atoms. The molecule has 0 spiro atoms. The van der Waals surface area contributed by atoms with Crippen molar-refractivity contribution in [2.45, 2.75) is 20.3 Å². The summed E-state index contributed by atoms with van der Waals surface area (Å²) >= 11 is 0. The number of para-hydroxylation sites is 1. The largest absolute Gasteiger partial charge is 0.361 e. The lowest BCUT2D eigenvalue weighted by atomic mass is 10.1. The summed E-state index contributed by atoms with van der Waals surface area (Å²) in [6, 6.07) is 6.08. The van der Waals surface area contributed by atoms with Gasteiger partial charge in [-0.15, -0.1) is 0 Å². The smallest absolute Gasteiger partial charge is 0.134 e. The fourth-order valence-electron chi connectivity index (χ4n) is 1.77. The van der Waals surface area contributed by atoms with E-state index in [0.717, 1.165) is 11.1 Å². The SMILES string of the molecule is CC(=O)Cc1cccc2c(C)c[nH]c12. The number of aromatic amines is 1. The molecular weight excluding hydrogens is 174 g/mol. The van der Waals surface area contributed by atoms with Crippen molar-refractivity contribution >= 4 is 16.7 Å². The van der Waals surface area contributed by atoms with Crippen molar-refractivity contribution in [1.82, 2.24) is 4.98 Å². The first kappa shape index (κ1) is 9.00. The van der Waals surface area contributed by atoms with Gasteiger partial charge in [0.1, 0.15) is 5.78 Å². The van der Waals surface area contributed by atoms with Gasteiger partial charge in [0.05, 0.1) is 0 Å². The number of aryl methyl sites for hydroxylation is 1. The summed E-state index contributed by atoms with van der Waals surface area (Å²) < 4.78 is 0. The summed E-state index contributed by atoms with van der Waals surface area (Å²) in [5.41, 5.74) is 3.41. The Balaban J connectivity index is 2.59. The molecule has 2 nitrogen and oxygen atoms in total. The Morgan fingerprint density at radius 1 is 1.43 bits per heavy atom. The number of hydrogen-bond acceptors (Lipinski definition) is 1. The van der Waals surface area contributed by atoms with Crippen molar-refractivity contribution in [3.63, 3.8) is 0 Å². The van der Waals surface area contributed by atoms with Gasteiger partial charge < -0.3 is 4.98 Å². The van der Waals surface area contributed by atoms with Crippen LogP contribution < -0.4 is 0 Å². The summed E-state index contributed by atoms with van der Waals surface area (Å²) in [5, 5.41) is 1.21. The average molecular weight is 187 g/mol. The fourth-order valence-corrected chi connectivity index (χ4v) is 1.77. The van der Waals surface area contributed by atoms with E-state index < -0.39 is 0 Å². The van der Waals surface area contributed by atoms with Gasteiger partial charge in [-0.1, -0.05) is 18.2 Å². The van der Waals surface area contributed by atoms with Gasteiger partial charge in [0, 0.05) is 23.5 Å². The molecule has 1 aromatic heterocycles. The van der Waals surface area contributed by atoms with E-state index in [9.17, 15) is 4.79 Å². The van der Waals surface area contributed by atoms with E-state index in [2.05, 4.69) is 18.0 Å². The van der Waals surface area contributed by atoms with Crippen molar-refractivity contribution in [2.24, 2.45) is 0 Å². The zero-order valence-electron chi connectivity index (χ0n) is 8.42. The van der Waals surface area contributed by atoms with E-state index in [-0.39, 0.29) is 5.78 Å². The minimum Gasteiger partial charge on any atom is -0.361 e. The van der Waals surface area contributed by atoms with Gasteiger partial charge in [0.25, 0.3) is 0 Å². The molecule has 1 N–H and O–H groups in total. The Morgan fingerprint density at radius 3 is 2.93 bits per heavy atom. The lowest BCUT2D eigenvalue weighted by Crippen LogP contribution is -1.96. The first-order chi connectivity index (χ1) is 6.68. The molecule has 0 saturated carbocycles. The topological polar surface area (TPSA) is 32.9 Å². The van der Waals surface area contributed by atoms with Gasteiger partial charge in [-0.2, -0.15) is 0 Å². The number of rotatable bonds is 2. The van der Waals surface area contributed by atoms with Crippen LogP contribution in [0.25, 0.3) is 10.9 Å². The number of ketones is 1. The second kappa shape index (κ2) is 3.29. The summed E-state index contributed by atoms with van der Waals surface area (Å²) in [7, 11) is 0. The average Bonchev–Trinajstić information content (AvgIpc) is 2.49. The van der Waals surface area contributed by atoms with Crippen LogP contribution in [0.2, 0.25) is 0 Å². The number of hydrogen-bond donors (Lipinski definition) is 1. The van der Waals surface area contributed by atoms with Crippen LogP contribution in [0.15, 0.2) is 24.4 Å². The highest BCUT2D eigenvalue weighted by atomic mass is 16.1. The van der Waals surface area contributed by atoms with Crippen molar-refractivity contribution in [1.29, 1.82) is 0 Å². The normalized spacial score (nSPS) is 10.7.